The molecule has 1 aromatic heterocycles. The van der Waals surface area contributed by atoms with E-state index < -0.39 is 0 Å². The first-order valence-corrected chi connectivity index (χ1v) is 5.23. The molecular weight excluding hydrogens is 216 g/mol. The summed E-state index contributed by atoms with van der Waals surface area (Å²) in [6.07, 6.45) is 1.46. The van der Waals surface area contributed by atoms with Crippen LogP contribution in [0.25, 0.3) is 0 Å². The molecule has 0 aliphatic carbocycles. The van der Waals surface area contributed by atoms with Crippen molar-refractivity contribution in [3.05, 3.63) is 41.7 Å². The van der Waals surface area contributed by atoms with Crippen LogP contribution in [0.15, 0.2) is 30.5 Å². The van der Waals surface area contributed by atoms with E-state index in [1.807, 2.05) is 31.2 Å². The molecule has 0 unspecified atom stereocenters. The van der Waals surface area contributed by atoms with Crippen LogP contribution in [0.1, 0.15) is 16.1 Å². The van der Waals surface area contributed by atoms with Gasteiger partial charge in [-0.05, 0) is 24.6 Å². The van der Waals surface area contributed by atoms with Crippen molar-refractivity contribution in [2.24, 2.45) is 7.05 Å². The maximum atomic E-state index is 12.0. The van der Waals surface area contributed by atoms with Crippen molar-refractivity contribution in [3.8, 4) is 0 Å². The molecule has 0 saturated heterocycles. The number of rotatable bonds is 2. The summed E-state index contributed by atoms with van der Waals surface area (Å²) in [5.41, 5.74) is 8.25. The molecule has 3 N–H and O–H groups in total. The molecule has 0 spiro atoms. The molecule has 0 aliphatic heterocycles. The van der Waals surface area contributed by atoms with Gasteiger partial charge in [0, 0.05) is 12.7 Å². The van der Waals surface area contributed by atoms with E-state index in [4.69, 9.17) is 5.73 Å². The van der Waals surface area contributed by atoms with Crippen molar-refractivity contribution in [1.29, 1.82) is 0 Å². The van der Waals surface area contributed by atoms with Crippen molar-refractivity contribution in [2.75, 3.05) is 11.1 Å². The second-order valence-electron chi connectivity index (χ2n) is 3.90. The highest BCUT2D eigenvalue weighted by Crippen LogP contribution is 2.14. The summed E-state index contributed by atoms with van der Waals surface area (Å²) in [4.78, 5) is 12.0. The molecule has 0 saturated carbocycles. The van der Waals surface area contributed by atoms with Gasteiger partial charge in [0.05, 0.1) is 11.9 Å². The molecule has 0 atom stereocenters. The lowest BCUT2D eigenvalue weighted by molar-refractivity contribution is 0.101. The standard InChI is InChI=1S/C12H14N4O/c1-8-4-3-5-9(6-8)15-12(17)11-10(13)7-14-16(11)2/h3-7H,13H2,1-2H3,(H,15,17). The third-order valence-electron chi connectivity index (χ3n) is 2.46. The summed E-state index contributed by atoms with van der Waals surface area (Å²) < 4.78 is 1.46. The molecule has 5 heteroatoms. The molecular formula is C12H14N4O. The predicted octanol–water partition coefficient (Wildman–Crippen LogP) is 1.56. The van der Waals surface area contributed by atoms with Crippen molar-refractivity contribution < 1.29 is 4.79 Å². The average Bonchev–Trinajstić information content (AvgIpc) is 2.58. The van der Waals surface area contributed by atoms with Crippen molar-refractivity contribution >= 4 is 17.3 Å². The zero-order chi connectivity index (χ0) is 12.4. The Kier molecular flexibility index (Phi) is 2.82. The Morgan fingerprint density at radius 2 is 2.24 bits per heavy atom. The number of nitrogens with zero attached hydrogens (tertiary/aromatic N) is 2. The van der Waals surface area contributed by atoms with E-state index in [0.717, 1.165) is 11.3 Å². The molecule has 2 aromatic rings. The molecule has 2 rings (SSSR count). The van der Waals surface area contributed by atoms with Crippen LogP contribution < -0.4 is 11.1 Å². The monoisotopic (exact) mass is 230 g/mol. The third-order valence-corrected chi connectivity index (χ3v) is 2.46. The number of carbonyl (C=O) groups excluding carboxylic acids is 1. The highest BCUT2D eigenvalue weighted by atomic mass is 16.2. The second-order valence-corrected chi connectivity index (χ2v) is 3.90. The van der Waals surface area contributed by atoms with E-state index in [1.54, 1.807) is 7.05 Å². The summed E-state index contributed by atoms with van der Waals surface area (Å²) in [5.74, 6) is -0.256. The Labute approximate surface area is 99.2 Å². The Hall–Kier alpha value is -2.30. The Morgan fingerprint density at radius 3 is 2.82 bits per heavy atom. The minimum atomic E-state index is -0.256. The maximum Gasteiger partial charge on any atom is 0.276 e. The Balaban J connectivity index is 2.23. The molecule has 88 valence electrons. The highest BCUT2D eigenvalue weighted by Gasteiger charge is 2.14. The number of anilines is 2. The van der Waals surface area contributed by atoms with Gasteiger partial charge in [-0.2, -0.15) is 5.10 Å². The van der Waals surface area contributed by atoms with Gasteiger partial charge < -0.3 is 11.1 Å². The van der Waals surface area contributed by atoms with Crippen molar-refractivity contribution in [1.82, 2.24) is 9.78 Å². The van der Waals surface area contributed by atoms with Gasteiger partial charge in [0.15, 0.2) is 0 Å². The fraction of sp³-hybridized carbons (Fsp3) is 0.167. The first-order valence-electron chi connectivity index (χ1n) is 5.23. The summed E-state index contributed by atoms with van der Waals surface area (Å²) in [7, 11) is 1.68. The van der Waals surface area contributed by atoms with Crippen molar-refractivity contribution in [3.63, 3.8) is 0 Å². The van der Waals surface area contributed by atoms with Crippen LogP contribution in [-0.2, 0) is 7.05 Å². The van der Waals surface area contributed by atoms with Crippen LogP contribution in [0.3, 0.4) is 0 Å². The SMILES string of the molecule is Cc1cccc(NC(=O)c2c(N)cnn2C)c1. The van der Waals surface area contributed by atoms with Crippen molar-refractivity contribution in [2.45, 2.75) is 6.92 Å². The summed E-state index contributed by atoms with van der Waals surface area (Å²) in [6.45, 7) is 1.97. The zero-order valence-corrected chi connectivity index (χ0v) is 9.77. The molecule has 5 nitrogen and oxygen atoms in total. The minimum Gasteiger partial charge on any atom is -0.396 e. The van der Waals surface area contributed by atoms with E-state index in [-0.39, 0.29) is 5.91 Å². The summed E-state index contributed by atoms with van der Waals surface area (Å²) in [6, 6.07) is 7.58. The van der Waals surface area contributed by atoms with E-state index >= 15 is 0 Å². The van der Waals surface area contributed by atoms with Gasteiger partial charge >= 0.3 is 0 Å². The number of amides is 1. The van der Waals surface area contributed by atoms with Gasteiger partial charge in [-0.3, -0.25) is 9.48 Å². The van der Waals surface area contributed by atoms with Gasteiger partial charge in [0.1, 0.15) is 5.69 Å². The fourth-order valence-electron chi connectivity index (χ4n) is 1.65. The molecule has 1 aromatic carbocycles. The lowest BCUT2D eigenvalue weighted by Crippen LogP contribution is -2.17. The third kappa shape index (κ3) is 2.28. The number of benzene rings is 1. The molecule has 1 heterocycles. The fourth-order valence-corrected chi connectivity index (χ4v) is 1.65. The number of aromatic nitrogens is 2. The summed E-state index contributed by atoms with van der Waals surface area (Å²) in [5, 5.41) is 6.71. The van der Waals surface area contributed by atoms with Gasteiger partial charge in [0.25, 0.3) is 5.91 Å². The van der Waals surface area contributed by atoms with E-state index in [0.29, 0.717) is 11.4 Å². The lowest BCUT2D eigenvalue weighted by atomic mass is 10.2. The normalized spacial score (nSPS) is 10.2. The summed E-state index contributed by atoms with van der Waals surface area (Å²) >= 11 is 0. The molecule has 0 aliphatic rings. The first-order chi connectivity index (χ1) is 8.08. The molecule has 0 bridgehead atoms. The van der Waals surface area contributed by atoms with Crippen LogP contribution in [0, 0.1) is 6.92 Å². The van der Waals surface area contributed by atoms with Gasteiger partial charge in [-0.1, -0.05) is 12.1 Å². The van der Waals surface area contributed by atoms with Gasteiger partial charge in [-0.15, -0.1) is 0 Å². The Morgan fingerprint density at radius 1 is 1.47 bits per heavy atom. The van der Waals surface area contributed by atoms with E-state index in [2.05, 4.69) is 10.4 Å². The number of aryl methyl sites for hydroxylation is 2. The minimum absolute atomic E-state index is 0.256. The maximum absolute atomic E-state index is 12.0. The first kappa shape index (κ1) is 11.2. The largest absolute Gasteiger partial charge is 0.396 e. The topological polar surface area (TPSA) is 72.9 Å². The van der Waals surface area contributed by atoms with Crippen LogP contribution in [0.5, 0.6) is 0 Å². The number of nitrogens with one attached hydrogen (secondary N) is 1. The van der Waals surface area contributed by atoms with Crippen LogP contribution in [0.4, 0.5) is 11.4 Å². The van der Waals surface area contributed by atoms with Gasteiger partial charge in [0.2, 0.25) is 0 Å². The Bertz CT molecular complexity index is 540. The second kappa shape index (κ2) is 4.29. The smallest absolute Gasteiger partial charge is 0.276 e. The zero-order valence-electron chi connectivity index (χ0n) is 9.77. The molecule has 0 fully saturated rings. The number of carbonyl (C=O) groups is 1. The number of nitrogen functional groups attached to an aromatic ring is 1. The highest BCUT2D eigenvalue weighted by molar-refractivity contribution is 6.06. The number of nitrogens with two attached hydrogens (primary N) is 1. The number of hydrogen-bond acceptors (Lipinski definition) is 3. The number of hydrogen-bond donors (Lipinski definition) is 2. The molecule has 17 heavy (non-hydrogen) atoms. The predicted molar refractivity (Wildman–Crippen MR) is 66.8 cm³/mol. The van der Waals surface area contributed by atoms with Crippen LogP contribution in [-0.4, -0.2) is 15.7 Å². The van der Waals surface area contributed by atoms with E-state index in [1.165, 1.54) is 10.9 Å². The van der Waals surface area contributed by atoms with Crippen LogP contribution in [0.2, 0.25) is 0 Å². The quantitative estimate of drug-likeness (QED) is 0.822. The van der Waals surface area contributed by atoms with Gasteiger partial charge in [-0.25, -0.2) is 0 Å². The van der Waals surface area contributed by atoms with E-state index in [9.17, 15) is 4.79 Å². The van der Waals surface area contributed by atoms with Crippen LogP contribution >= 0.6 is 0 Å². The molecule has 0 radical (unpaired) electrons. The molecule has 1 amide bonds. The average molecular weight is 230 g/mol. The lowest BCUT2D eigenvalue weighted by Gasteiger charge is -2.06.